The summed E-state index contributed by atoms with van der Waals surface area (Å²) in [6.07, 6.45) is 11.3. The Morgan fingerprint density at radius 1 is 1.00 bits per heavy atom. The molecule has 27 heavy (non-hydrogen) atoms. The van der Waals surface area contributed by atoms with Gasteiger partial charge in [0.25, 0.3) is 5.91 Å². The summed E-state index contributed by atoms with van der Waals surface area (Å²) in [5, 5.41) is 6.20. The highest BCUT2D eigenvalue weighted by atomic mass is 16.2. The monoisotopic (exact) mass is 373 g/mol. The van der Waals surface area contributed by atoms with Crippen molar-refractivity contribution in [2.75, 3.05) is 6.54 Å². The molecule has 1 aliphatic heterocycles. The molecule has 5 saturated carbocycles. The maximum Gasteiger partial charge on any atom is 0.325 e. The number of urea groups is 1. The number of nitrogens with zero attached hydrogens (tertiary/aromatic N) is 1. The van der Waals surface area contributed by atoms with Crippen LogP contribution >= 0.6 is 0 Å². The quantitative estimate of drug-likeness (QED) is 0.744. The summed E-state index contributed by atoms with van der Waals surface area (Å²) in [7, 11) is 0. The van der Waals surface area contributed by atoms with Crippen LogP contribution in [0.15, 0.2) is 0 Å². The Labute approximate surface area is 160 Å². The molecule has 0 aromatic rings. The number of carbonyl (C=O) groups excluding carboxylic acids is 3. The molecule has 6 rings (SSSR count). The van der Waals surface area contributed by atoms with E-state index in [0.717, 1.165) is 43.9 Å². The summed E-state index contributed by atoms with van der Waals surface area (Å²) < 4.78 is 0. The van der Waals surface area contributed by atoms with Gasteiger partial charge in [-0.25, -0.2) is 4.79 Å². The molecule has 6 aliphatic rings. The van der Waals surface area contributed by atoms with Crippen molar-refractivity contribution in [1.29, 1.82) is 0 Å². The molecule has 148 valence electrons. The minimum Gasteiger partial charge on any atom is -0.353 e. The lowest BCUT2D eigenvalue weighted by Crippen LogP contribution is -2.56. The second kappa shape index (κ2) is 6.49. The van der Waals surface area contributed by atoms with Gasteiger partial charge in [-0.3, -0.25) is 14.5 Å². The number of hydrogen-bond acceptors (Lipinski definition) is 3. The van der Waals surface area contributed by atoms with E-state index in [4.69, 9.17) is 0 Å². The van der Waals surface area contributed by atoms with Crippen molar-refractivity contribution in [3.63, 3.8) is 0 Å². The molecule has 1 heterocycles. The maximum absolute atomic E-state index is 12.8. The Morgan fingerprint density at radius 2 is 1.63 bits per heavy atom. The molecule has 0 unspecified atom stereocenters. The third-order valence-electron chi connectivity index (χ3n) is 8.07. The van der Waals surface area contributed by atoms with Crippen LogP contribution in [-0.4, -0.2) is 40.9 Å². The first-order valence-corrected chi connectivity index (χ1v) is 11.0. The number of rotatable bonds is 4. The summed E-state index contributed by atoms with van der Waals surface area (Å²) in [5.74, 6) is 2.95. The van der Waals surface area contributed by atoms with Gasteiger partial charge in [-0.1, -0.05) is 19.3 Å². The Morgan fingerprint density at radius 3 is 2.26 bits per heavy atom. The summed E-state index contributed by atoms with van der Waals surface area (Å²) >= 11 is 0. The number of amides is 4. The zero-order valence-corrected chi connectivity index (χ0v) is 16.0. The molecule has 6 fully saturated rings. The lowest BCUT2D eigenvalue weighted by molar-refractivity contribution is -0.133. The average Bonchev–Trinajstić information content (AvgIpc) is 2.86. The van der Waals surface area contributed by atoms with Crippen molar-refractivity contribution < 1.29 is 14.4 Å². The molecule has 4 bridgehead atoms. The molecule has 0 aromatic carbocycles. The van der Waals surface area contributed by atoms with Crippen LogP contribution in [0, 0.1) is 23.7 Å². The van der Waals surface area contributed by atoms with Gasteiger partial charge in [-0.2, -0.15) is 0 Å². The highest BCUT2D eigenvalue weighted by molar-refractivity contribution is 6.07. The third-order valence-corrected chi connectivity index (χ3v) is 8.07. The van der Waals surface area contributed by atoms with Gasteiger partial charge in [0.05, 0.1) is 0 Å². The van der Waals surface area contributed by atoms with Gasteiger partial charge >= 0.3 is 6.03 Å². The van der Waals surface area contributed by atoms with Crippen LogP contribution in [0.25, 0.3) is 0 Å². The third kappa shape index (κ3) is 2.95. The van der Waals surface area contributed by atoms with Crippen molar-refractivity contribution in [3.8, 4) is 0 Å². The Balaban J connectivity index is 1.16. The van der Waals surface area contributed by atoms with E-state index in [-0.39, 0.29) is 30.8 Å². The molecule has 0 aromatic heterocycles. The maximum atomic E-state index is 12.8. The van der Waals surface area contributed by atoms with Gasteiger partial charge in [-0.15, -0.1) is 0 Å². The van der Waals surface area contributed by atoms with E-state index in [2.05, 4.69) is 10.6 Å². The molecule has 0 atom stereocenters. The van der Waals surface area contributed by atoms with E-state index in [0.29, 0.717) is 17.9 Å². The molecule has 6 nitrogen and oxygen atoms in total. The minimum absolute atomic E-state index is 0.00216. The van der Waals surface area contributed by atoms with Crippen molar-refractivity contribution >= 4 is 17.8 Å². The van der Waals surface area contributed by atoms with E-state index in [1.54, 1.807) is 0 Å². The fourth-order valence-corrected chi connectivity index (χ4v) is 7.01. The smallest absolute Gasteiger partial charge is 0.325 e. The zero-order valence-electron chi connectivity index (χ0n) is 16.0. The molecule has 1 saturated heterocycles. The van der Waals surface area contributed by atoms with Crippen molar-refractivity contribution in [3.05, 3.63) is 0 Å². The highest BCUT2D eigenvalue weighted by Crippen LogP contribution is 2.53. The van der Waals surface area contributed by atoms with Gasteiger partial charge in [0, 0.05) is 19.0 Å². The predicted molar refractivity (Wildman–Crippen MR) is 99.7 cm³/mol. The molecule has 5 aliphatic carbocycles. The van der Waals surface area contributed by atoms with Gasteiger partial charge < -0.3 is 10.6 Å². The van der Waals surface area contributed by atoms with Crippen LogP contribution in [0.3, 0.4) is 0 Å². The van der Waals surface area contributed by atoms with Gasteiger partial charge in [0.15, 0.2) is 0 Å². The lowest BCUT2D eigenvalue weighted by Gasteiger charge is -2.54. The second-order valence-electron chi connectivity index (χ2n) is 9.80. The summed E-state index contributed by atoms with van der Waals surface area (Å²) in [6, 6.07) is 0.00224. The Kier molecular flexibility index (Phi) is 4.21. The first-order valence-electron chi connectivity index (χ1n) is 11.0. The van der Waals surface area contributed by atoms with Crippen LogP contribution in [0.1, 0.15) is 70.6 Å². The van der Waals surface area contributed by atoms with Crippen molar-refractivity contribution in [2.24, 2.45) is 23.7 Å². The van der Waals surface area contributed by atoms with E-state index in [1.807, 2.05) is 0 Å². The Bertz CT molecular complexity index is 627. The molecular weight excluding hydrogens is 342 g/mol. The molecule has 1 spiro atoms. The van der Waals surface area contributed by atoms with Crippen LogP contribution in [0.4, 0.5) is 4.79 Å². The van der Waals surface area contributed by atoms with Crippen LogP contribution in [-0.2, 0) is 9.59 Å². The average molecular weight is 373 g/mol. The van der Waals surface area contributed by atoms with Crippen molar-refractivity contribution in [2.45, 2.75) is 82.2 Å². The molecule has 6 heteroatoms. The van der Waals surface area contributed by atoms with Gasteiger partial charge in [0.2, 0.25) is 5.91 Å². The number of nitrogens with one attached hydrogen (secondary N) is 2. The van der Waals surface area contributed by atoms with E-state index in [1.165, 1.54) is 37.0 Å². The first kappa shape index (κ1) is 17.5. The van der Waals surface area contributed by atoms with E-state index < -0.39 is 5.54 Å². The SMILES string of the molecule is O=C(CCN1C(=O)NC2(CCCCC2)C1=O)NC1C2CC3CC(C2)CC1C3. The number of carbonyl (C=O) groups is 3. The van der Waals surface area contributed by atoms with Crippen molar-refractivity contribution in [1.82, 2.24) is 15.5 Å². The zero-order chi connectivity index (χ0) is 18.6. The largest absolute Gasteiger partial charge is 0.353 e. The number of imide groups is 1. The van der Waals surface area contributed by atoms with Gasteiger partial charge in [-0.05, 0) is 68.6 Å². The normalized spacial score (nSPS) is 39.1. The van der Waals surface area contributed by atoms with Crippen LogP contribution < -0.4 is 10.6 Å². The van der Waals surface area contributed by atoms with Gasteiger partial charge in [0.1, 0.15) is 5.54 Å². The highest BCUT2D eigenvalue weighted by Gasteiger charge is 2.51. The van der Waals surface area contributed by atoms with E-state index >= 15 is 0 Å². The molecular formula is C21H31N3O3. The summed E-state index contributed by atoms with van der Waals surface area (Å²) in [5.41, 5.74) is -0.687. The number of hydrogen-bond donors (Lipinski definition) is 2. The lowest BCUT2D eigenvalue weighted by atomic mass is 9.54. The first-order chi connectivity index (χ1) is 13.0. The van der Waals surface area contributed by atoms with Crippen LogP contribution in [0.5, 0.6) is 0 Å². The molecule has 2 N–H and O–H groups in total. The molecule has 4 amide bonds. The van der Waals surface area contributed by atoms with Crippen LogP contribution in [0.2, 0.25) is 0 Å². The topological polar surface area (TPSA) is 78.5 Å². The molecule has 0 radical (unpaired) electrons. The minimum atomic E-state index is -0.687. The standard InChI is InChI=1S/C21H31N3O3/c25-17(22-18-15-9-13-8-14(11-15)12-16(18)10-13)4-7-24-19(26)21(23-20(24)27)5-2-1-3-6-21/h13-16,18H,1-12H2,(H,22,25)(H,23,27). The fourth-order valence-electron chi connectivity index (χ4n) is 7.01. The second-order valence-corrected chi connectivity index (χ2v) is 9.80. The fraction of sp³-hybridized carbons (Fsp3) is 0.857. The predicted octanol–water partition coefficient (Wildman–Crippen LogP) is 2.57. The van der Waals surface area contributed by atoms with E-state index in [9.17, 15) is 14.4 Å². The summed E-state index contributed by atoms with van der Waals surface area (Å²) in [4.78, 5) is 39.0. The summed E-state index contributed by atoms with van der Waals surface area (Å²) in [6.45, 7) is 0.200. The Hall–Kier alpha value is -1.59.